The predicted molar refractivity (Wildman–Crippen MR) is 153 cm³/mol. The molecule has 3 aromatic heterocycles. The molecule has 15 heteroatoms. The summed E-state index contributed by atoms with van der Waals surface area (Å²) >= 11 is 0. The third-order valence-electron chi connectivity index (χ3n) is 10.2. The van der Waals surface area contributed by atoms with Gasteiger partial charge in [0.2, 0.25) is 17.8 Å². The van der Waals surface area contributed by atoms with Crippen molar-refractivity contribution in [3.63, 3.8) is 0 Å². The number of rotatable bonds is 10. The lowest BCUT2D eigenvalue weighted by Crippen LogP contribution is -2.39. The summed E-state index contributed by atoms with van der Waals surface area (Å²) < 4.78 is 61.2. The Labute approximate surface area is 261 Å². The number of nitrogens with one attached hydrogen (secondary N) is 2. The van der Waals surface area contributed by atoms with E-state index in [0.29, 0.717) is 24.2 Å². The molecule has 46 heavy (non-hydrogen) atoms. The van der Waals surface area contributed by atoms with Crippen LogP contribution in [0.3, 0.4) is 0 Å². The number of carbonyl (C=O) groups is 2. The van der Waals surface area contributed by atoms with Gasteiger partial charge in [-0.25, -0.2) is 31.7 Å². The maximum absolute atomic E-state index is 14.1. The van der Waals surface area contributed by atoms with Crippen LogP contribution in [0, 0.1) is 17.8 Å². The van der Waals surface area contributed by atoms with Crippen LogP contribution in [0.1, 0.15) is 123 Å². The van der Waals surface area contributed by atoms with Gasteiger partial charge in [-0.15, -0.1) is 0 Å². The highest BCUT2D eigenvalue weighted by Gasteiger charge is 2.46. The Hall–Kier alpha value is -3.62. The average molecular weight is 648 g/mol. The SMILES string of the molecule is O=C(CC1CC(F)(F)C1)NC(c1cnn2cc([C@@H](NC(=O)c3nonc3C3(O)CCCC3)C3CCC(F)(F)CC3)nc2c1)C1CC1. The zero-order valence-corrected chi connectivity index (χ0v) is 25.2. The van der Waals surface area contributed by atoms with Crippen molar-refractivity contribution < 1.29 is 36.9 Å². The van der Waals surface area contributed by atoms with Crippen molar-refractivity contribution in [2.75, 3.05) is 0 Å². The van der Waals surface area contributed by atoms with E-state index in [4.69, 9.17) is 9.61 Å². The van der Waals surface area contributed by atoms with Crippen LogP contribution in [0.4, 0.5) is 17.6 Å². The van der Waals surface area contributed by atoms with Gasteiger partial charge in [0, 0.05) is 32.1 Å². The molecule has 2 atom stereocenters. The number of imidazole rings is 1. The molecule has 4 aliphatic carbocycles. The lowest BCUT2D eigenvalue weighted by Gasteiger charge is -2.34. The Morgan fingerprint density at radius 2 is 1.65 bits per heavy atom. The van der Waals surface area contributed by atoms with E-state index < -0.39 is 29.4 Å². The molecule has 3 aromatic rings. The Balaban J connectivity index is 1.13. The van der Waals surface area contributed by atoms with Crippen molar-refractivity contribution in [2.45, 2.75) is 113 Å². The highest BCUT2D eigenvalue weighted by Crippen LogP contribution is 2.46. The number of nitrogens with zero attached hydrogens (tertiary/aromatic N) is 5. The van der Waals surface area contributed by atoms with Crippen LogP contribution in [0.2, 0.25) is 0 Å². The molecule has 7 rings (SSSR count). The van der Waals surface area contributed by atoms with Crippen molar-refractivity contribution in [3.8, 4) is 0 Å². The minimum Gasteiger partial charge on any atom is -0.383 e. The highest BCUT2D eigenvalue weighted by atomic mass is 19.3. The zero-order chi connectivity index (χ0) is 32.3. The van der Waals surface area contributed by atoms with Gasteiger partial charge in [0.15, 0.2) is 11.3 Å². The van der Waals surface area contributed by atoms with E-state index >= 15 is 0 Å². The van der Waals surface area contributed by atoms with E-state index in [0.717, 1.165) is 31.2 Å². The number of carbonyl (C=O) groups excluding carboxylic acids is 2. The van der Waals surface area contributed by atoms with E-state index in [2.05, 4.69) is 26.0 Å². The van der Waals surface area contributed by atoms with E-state index in [1.807, 2.05) is 0 Å². The van der Waals surface area contributed by atoms with E-state index in [1.165, 1.54) is 4.52 Å². The molecule has 0 bridgehead atoms. The van der Waals surface area contributed by atoms with E-state index in [1.54, 1.807) is 18.5 Å². The van der Waals surface area contributed by atoms with Crippen LogP contribution < -0.4 is 10.6 Å². The van der Waals surface area contributed by atoms with Crippen molar-refractivity contribution in [1.29, 1.82) is 0 Å². The molecular weight excluding hydrogens is 610 g/mol. The molecule has 4 saturated carbocycles. The second kappa shape index (κ2) is 11.6. The quantitative estimate of drug-likeness (QED) is 0.255. The number of halogens is 4. The van der Waals surface area contributed by atoms with Crippen molar-refractivity contribution in [3.05, 3.63) is 41.1 Å². The van der Waals surface area contributed by atoms with Gasteiger partial charge in [-0.2, -0.15) is 5.10 Å². The first kappa shape index (κ1) is 31.0. The largest absolute Gasteiger partial charge is 0.383 e. The monoisotopic (exact) mass is 647 g/mol. The number of hydrogen-bond acceptors (Lipinski definition) is 8. The van der Waals surface area contributed by atoms with E-state index in [9.17, 15) is 32.3 Å². The predicted octanol–water partition coefficient (Wildman–Crippen LogP) is 5.17. The molecule has 2 amide bonds. The number of hydrogen-bond donors (Lipinski definition) is 3. The first-order valence-corrected chi connectivity index (χ1v) is 16.1. The Kier molecular flexibility index (Phi) is 7.80. The van der Waals surface area contributed by atoms with Gasteiger partial charge in [-0.05, 0) is 73.1 Å². The lowest BCUT2D eigenvalue weighted by molar-refractivity contribution is -0.134. The summed E-state index contributed by atoms with van der Waals surface area (Å²) in [5.41, 5.74) is 0.180. The zero-order valence-electron chi connectivity index (χ0n) is 25.2. The molecule has 248 valence electrons. The summed E-state index contributed by atoms with van der Waals surface area (Å²) in [5.74, 6) is -6.88. The molecule has 4 aliphatic rings. The molecular formula is C31H37F4N7O4. The van der Waals surface area contributed by atoms with Crippen molar-refractivity contribution in [1.82, 2.24) is 35.5 Å². The second-order valence-corrected chi connectivity index (χ2v) is 13.8. The molecule has 0 radical (unpaired) electrons. The molecule has 0 spiro atoms. The summed E-state index contributed by atoms with van der Waals surface area (Å²) in [5, 5.41) is 29.2. The third-order valence-corrected chi connectivity index (χ3v) is 10.2. The summed E-state index contributed by atoms with van der Waals surface area (Å²) in [6, 6.07) is 0.679. The molecule has 0 saturated heterocycles. The molecule has 0 aliphatic heterocycles. The van der Waals surface area contributed by atoms with Crippen LogP contribution in [0.15, 0.2) is 23.1 Å². The van der Waals surface area contributed by atoms with Crippen LogP contribution >= 0.6 is 0 Å². The van der Waals surface area contributed by atoms with Crippen LogP contribution in [-0.2, 0) is 10.4 Å². The normalized spacial score (nSPS) is 23.9. The summed E-state index contributed by atoms with van der Waals surface area (Å²) in [7, 11) is 0. The maximum atomic E-state index is 14.1. The highest BCUT2D eigenvalue weighted by molar-refractivity contribution is 5.93. The number of amides is 2. The standard InChI is InChI=1S/C31H37F4N7O4/c32-30(33)9-5-19(6-10-30)25(39-28(44)26-27(41-46-40-26)29(45)7-1-2-8-29)21-16-42-22(37-21)12-20(15-36-42)24(18-3-4-18)38-23(43)11-17-13-31(34,35)14-17/h12,15-19,24-25,45H,1-11,13-14H2,(H,38,43)(H,39,44)/t24?,25-/m0/s1. The minimum atomic E-state index is -2.78. The van der Waals surface area contributed by atoms with Crippen LogP contribution in [0.25, 0.3) is 5.65 Å². The fourth-order valence-corrected chi connectivity index (χ4v) is 7.43. The molecule has 1 unspecified atom stereocenters. The number of alkyl halides is 4. The van der Waals surface area contributed by atoms with Gasteiger partial charge in [-0.1, -0.05) is 18.0 Å². The van der Waals surface area contributed by atoms with Crippen molar-refractivity contribution in [2.24, 2.45) is 17.8 Å². The van der Waals surface area contributed by atoms with Gasteiger partial charge in [0.25, 0.3) is 5.91 Å². The smallest absolute Gasteiger partial charge is 0.276 e. The van der Waals surface area contributed by atoms with Gasteiger partial charge in [0.05, 0.1) is 30.2 Å². The average Bonchev–Trinajstić information content (AvgIpc) is 3.34. The number of aliphatic hydroxyl groups is 1. The summed E-state index contributed by atoms with van der Waals surface area (Å²) in [6.45, 7) is 0. The fourth-order valence-electron chi connectivity index (χ4n) is 7.43. The minimum absolute atomic E-state index is 0.0456. The second-order valence-electron chi connectivity index (χ2n) is 13.8. The lowest BCUT2D eigenvalue weighted by atomic mass is 9.79. The molecule has 0 aromatic carbocycles. The maximum Gasteiger partial charge on any atom is 0.276 e. The number of fused-ring (bicyclic) bond motifs is 1. The third kappa shape index (κ3) is 6.34. The topological polar surface area (TPSA) is 148 Å². The van der Waals surface area contributed by atoms with E-state index in [-0.39, 0.29) is 86.0 Å². The van der Waals surface area contributed by atoms with Gasteiger partial charge in [0.1, 0.15) is 11.3 Å². The Bertz CT molecular complexity index is 1600. The molecule has 3 N–H and O–H groups in total. The van der Waals surface area contributed by atoms with Crippen LogP contribution in [-0.4, -0.2) is 53.7 Å². The molecule has 4 fully saturated rings. The van der Waals surface area contributed by atoms with Crippen LogP contribution in [0.5, 0.6) is 0 Å². The fraction of sp³-hybridized carbons (Fsp3) is 0.677. The Morgan fingerprint density at radius 1 is 0.957 bits per heavy atom. The summed E-state index contributed by atoms with van der Waals surface area (Å²) in [6.07, 6.45) is 6.63. The van der Waals surface area contributed by atoms with Crippen molar-refractivity contribution >= 4 is 17.5 Å². The molecule has 3 heterocycles. The first-order chi connectivity index (χ1) is 21.9. The Morgan fingerprint density at radius 3 is 2.33 bits per heavy atom. The number of aromatic nitrogens is 5. The summed E-state index contributed by atoms with van der Waals surface area (Å²) in [4.78, 5) is 31.1. The molecule has 11 nitrogen and oxygen atoms in total. The van der Waals surface area contributed by atoms with Gasteiger partial charge >= 0.3 is 0 Å². The van der Waals surface area contributed by atoms with Gasteiger partial charge in [-0.3, -0.25) is 9.59 Å². The van der Waals surface area contributed by atoms with Gasteiger partial charge < -0.3 is 15.7 Å². The first-order valence-electron chi connectivity index (χ1n) is 16.1.